The van der Waals surface area contributed by atoms with Crippen LogP contribution in [0.1, 0.15) is 18.4 Å². The van der Waals surface area contributed by atoms with E-state index < -0.39 is 10.0 Å². The molecular formula is C18H23N3O2S. The first-order chi connectivity index (χ1) is 11.6. The van der Waals surface area contributed by atoms with Gasteiger partial charge in [0.15, 0.2) is 0 Å². The van der Waals surface area contributed by atoms with Gasteiger partial charge in [0.2, 0.25) is 10.0 Å². The van der Waals surface area contributed by atoms with Crippen LogP contribution in [0.2, 0.25) is 0 Å². The maximum absolute atomic E-state index is 12.7. The van der Waals surface area contributed by atoms with Crippen molar-refractivity contribution in [3.63, 3.8) is 0 Å². The fraction of sp³-hybridized carbons (Fsp3) is 0.389. The molecule has 1 fully saturated rings. The third-order valence-corrected chi connectivity index (χ3v) is 6.46. The van der Waals surface area contributed by atoms with Gasteiger partial charge in [-0.05, 0) is 30.5 Å². The summed E-state index contributed by atoms with van der Waals surface area (Å²) >= 11 is 0. The van der Waals surface area contributed by atoms with Crippen molar-refractivity contribution in [3.05, 3.63) is 60.3 Å². The first-order valence-corrected chi connectivity index (χ1v) is 9.83. The van der Waals surface area contributed by atoms with Gasteiger partial charge in [-0.25, -0.2) is 17.7 Å². The highest BCUT2D eigenvalue weighted by molar-refractivity contribution is 7.88. The molecule has 5 nitrogen and oxygen atoms in total. The van der Waals surface area contributed by atoms with E-state index in [2.05, 4.69) is 9.88 Å². The fourth-order valence-corrected chi connectivity index (χ4v) is 4.60. The van der Waals surface area contributed by atoms with Crippen molar-refractivity contribution in [2.45, 2.75) is 24.6 Å². The van der Waals surface area contributed by atoms with Crippen LogP contribution in [0.5, 0.6) is 0 Å². The van der Waals surface area contributed by atoms with Crippen LogP contribution in [0.3, 0.4) is 0 Å². The van der Waals surface area contributed by atoms with Gasteiger partial charge in [-0.1, -0.05) is 36.4 Å². The Kier molecular flexibility index (Phi) is 5.16. The van der Waals surface area contributed by atoms with Gasteiger partial charge in [-0.15, -0.1) is 0 Å². The largest absolute Gasteiger partial charge is 0.357 e. The van der Waals surface area contributed by atoms with Crippen LogP contribution in [0, 0.1) is 0 Å². The van der Waals surface area contributed by atoms with Crippen LogP contribution >= 0.6 is 0 Å². The molecule has 0 spiro atoms. The summed E-state index contributed by atoms with van der Waals surface area (Å²) < 4.78 is 26.9. The van der Waals surface area contributed by atoms with Gasteiger partial charge in [-0.2, -0.15) is 0 Å². The van der Waals surface area contributed by atoms with E-state index in [-0.39, 0.29) is 11.8 Å². The third kappa shape index (κ3) is 3.94. The summed E-state index contributed by atoms with van der Waals surface area (Å²) in [4.78, 5) is 6.59. The molecule has 0 atom stereocenters. The summed E-state index contributed by atoms with van der Waals surface area (Å²) in [5, 5.41) is 0. The van der Waals surface area contributed by atoms with Crippen LogP contribution in [0.25, 0.3) is 0 Å². The quantitative estimate of drug-likeness (QED) is 0.835. The van der Waals surface area contributed by atoms with Gasteiger partial charge in [0.1, 0.15) is 5.82 Å². The van der Waals surface area contributed by atoms with Crippen LogP contribution in [0.15, 0.2) is 54.7 Å². The fourth-order valence-electron chi connectivity index (χ4n) is 3.11. The van der Waals surface area contributed by atoms with Gasteiger partial charge in [0, 0.05) is 32.4 Å². The second-order valence-electron chi connectivity index (χ2n) is 6.16. The summed E-state index contributed by atoms with van der Waals surface area (Å²) in [6.07, 6.45) is 3.43. The number of nitrogens with zero attached hydrogens (tertiary/aromatic N) is 3. The Hall–Kier alpha value is -1.92. The highest BCUT2D eigenvalue weighted by atomic mass is 32.2. The smallest absolute Gasteiger partial charge is 0.218 e. The SMILES string of the molecule is CN(C1CCN(c2ccccn2)CC1)S(=O)(=O)Cc1ccccc1. The molecule has 1 aromatic heterocycles. The molecule has 24 heavy (non-hydrogen) atoms. The number of sulfonamides is 1. The predicted octanol–water partition coefficient (Wildman–Crippen LogP) is 2.51. The Morgan fingerprint density at radius 3 is 2.38 bits per heavy atom. The zero-order chi connectivity index (χ0) is 17.0. The molecule has 3 rings (SSSR count). The normalized spacial score (nSPS) is 16.5. The molecule has 2 aromatic rings. The second kappa shape index (κ2) is 7.32. The number of piperidine rings is 1. The molecular weight excluding hydrogens is 322 g/mol. The average Bonchev–Trinajstić information content (AvgIpc) is 2.62. The molecule has 0 radical (unpaired) electrons. The predicted molar refractivity (Wildman–Crippen MR) is 96.3 cm³/mol. The molecule has 1 aromatic carbocycles. The van der Waals surface area contributed by atoms with Crippen molar-refractivity contribution in [3.8, 4) is 0 Å². The first-order valence-electron chi connectivity index (χ1n) is 8.22. The van der Waals surface area contributed by atoms with E-state index >= 15 is 0 Å². The molecule has 2 heterocycles. The summed E-state index contributed by atoms with van der Waals surface area (Å²) in [5.74, 6) is 1.02. The minimum absolute atomic E-state index is 0.0543. The van der Waals surface area contributed by atoms with E-state index in [1.165, 1.54) is 0 Å². The van der Waals surface area contributed by atoms with Gasteiger partial charge in [0.25, 0.3) is 0 Å². The Balaban J connectivity index is 1.61. The first kappa shape index (κ1) is 16.9. The molecule has 1 aliphatic heterocycles. The van der Waals surface area contributed by atoms with E-state index in [4.69, 9.17) is 0 Å². The van der Waals surface area contributed by atoms with Gasteiger partial charge < -0.3 is 4.90 Å². The summed E-state index contributed by atoms with van der Waals surface area (Å²) in [7, 11) is -1.59. The molecule has 128 valence electrons. The number of benzene rings is 1. The second-order valence-corrected chi connectivity index (χ2v) is 8.19. The van der Waals surface area contributed by atoms with Gasteiger partial charge >= 0.3 is 0 Å². The van der Waals surface area contributed by atoms with Crippen molar-refractivity contribution >= 4 is 15.8 Å². The van der Waals surface area contributed by atoms with Crippen molar-refractivity contribution in [2.75, 3.05) is 25.0 Å². The molecule has 0 N–H and O–H groups in total. The zero-order valence-electron chi connectivity index (χ0n) is 13.9. The summed E-state index contributed by atoms with van der Waals surface area (Å²) in [5.41, 5.74) is 0.829. The highest BCUT2D eigenvalue weighted by Gasteiger charge is 2.30. The molecule has 1 aliphatic rings. The van der Waals surface area contributed by atoms with Crippen molar-refractivity contribution in [1.82, 2.24) is 9.29 Å². The maximum atomic E-state index is 12.7. The van der Waals surface area contributed by atoms with Gasteiger partial charge in [-0.3, -0.25) is 0 Å². The minimum atomic E-state index is -3.30. The molecule has 6 heteroatoms. The summed E-state index contributed by atoms with van der Waals surface area (Å²) in [6.45, 7) is 1.65. The highest BCUT2D eigenvalue weighted by Crippen LogP contribution is 2.23. The lowest BCUT2D eigenvalue weighted by molar-refractivity contribution is 0.311. The number of rotatable bonds is 5. The van der Waals surface area contributed by atoms with Crippen molar-refractivity contribution in [2.24, 2.45) is 0 Å². The van der Waals surface area contributed by atoms with E-state index in [0.29, 0.717) is 0 Å². The Morgan fingerprint density at radius 1 is 1.08 bits per heavy atom. The molecule has 0 amide bonds. The lowest BCUT2D eigenvalue weighted by Crippen LogP contribution is -2.46. The molecule has 1 saturated heterocycles. The number of anilines is 1. The lowest BCUT2D eigenvalue weighted by atomic mass is 10.1. The van der Waals surface area contributed by atoms with E-state index in [1.807, 2.05) is 48.5 Å². The Morgan fingerprint density at radius 2 is 1.75 bits per heavy atom. The average molecular weight is 345 g/mol. The monoisotopic (exact) mass is 345 g/mol. The van der Waals surface area contributed by atoms with Crippen LogP contribution < -0.4 is 4.90 Å². The number of aromatic nitrogens is 1. The third-order valence-electron chi connectivity index (χ3n) is 4.58. The van der Waals surface area contributed by atoms with Gasteiger partial charge in [0.05, 0.1) is 5.75 Å². The standard InChI is InChI=1S/C18H23N3O2S/c1-20(24(22,23)15-16-7-3-2-4-8-16)17-10-13-21(14-11-17)18-9-5-6-12-19-18/h2-9,12,17H,10-11,13-15H2,1H3. The molecule has 0 bridgehead atoms. The van der Waals surface area contributed by atoms with Crippen LogP contribution in [-0.2, 0) is 15.8 Å². The maximum Gasteiger partial charge on any atom is 0.218 e. The zero-order valence-corrected chi connectivity index (χ0v) is 14.7. The molecule has 0 aliphatic carbocycles. The Labute approximate surface area is 144 Å². The topological polar surface area (TPSA) is 53.5 Å². The number of pyridine rings is 1. The van der Waals surface area contributed by atoms with E-state index in [0.717, 1.165) is 37.3 Å². The van der Waals surface area contributed by atoms with Crippen LogP contribution in [-0.4, -0.2) is 43.9 Å². The lowest BCUT2D eigenvalue weighted by Gasteiger charge is -2.36. The summed E-state index contributed by atoms with van der Waals surface area (Å²) in [6, 6.07) is 15.3. The molecule has 0 unspecified atom stereocenters. The van der Waals surface area contributed by atoms with Crippen molar-refractivity contribution in [1.29, 1.82) is 0 Å². The van der Waals surface area contributed by atoms with Crippen molar-refractivity contribution < 1.29 is 8.42 Å². The van der Waals surface area contributed by atoms with E-state index in [1.54, 1.807) is 17.5 Å². The Bertz CT molecular complexity index is 742. The minimum Gasteiger partial charge on any atom is -0.357 e. The van der Waals surface area contributed by atoms with E-state index in [9.17, 15) is 8.42 Å². The number of hydrogen-bond acceptors (Lipinski definition) is 4. The number of hydrogen-bond donors (Lipinski definition) is 0. The van der Waals surface area contributed by atoms with Crippen LogP contribution in [0.4, 0.5) is 5.82 Å². The molecule has 0 saturated carbocycles.